The van der Waals surface area contributed by atoms with Crippen LogP contribution >= 0.6 is 67.8 Å². The van der Waals surface area contributed by atoms with Gasteiger partial charge in [0.05, 0.1) is 6.42 Å². The number of halogens is 3. The lowest BCUT2D eigenvalue weighted by atomic mass is 9.98. The number of rotatable bonds is 4. The molecule has 1 N–H and O–H groups in total. The molecule has 1 aromatic carbocycles. The average molecular weight is 542 g/mol. The second-order valence-corrected chi connectivity index (χ2v) is 14.4. The predicted molar refractivity (Wildman–Crippen MR) is 86.2 cm³/mol. The predicted octanol–water partition coefficient (Wildman–Crippen LogP) is 4.20. The van der Waals surface area contributed by atoms with Gasteiger partial charge in [0.25, 0.3) is 0 Å². The second kappa shape index (κ2) is 5.99. The van der Waals surface area contributed by atoms with Crippen molar-refractivity contribution in [3.63, 3.8) is 0 Å². The van der Waals surface area contributed by atoms with E-state index in [1.54, 1.807) is 0 Å². The molecular weight excluding hydrogens is 533 g/mol. The SMILES string of the molecule is O=C(O)CC(c1ccccc1)C(I)(I)I. The van der Waals surface area contributed by atoms with E-state index in [4.69, 9.17) is 5.11 Å². The molecule has 0 amide bonds. The Morgan fingerprint density at radius 1 is 1.27 bits per heavy atom. The molecular formula is C10H9I3O2. The van der Waals surface area contributed by atoms with Crippen LogP contribution in [-0.4, -0.2) is 10.5 Å². The first-order valence-corrected chi connectivity index (χ1v) is 7.48. The molecule has 15 heavy (non-hydrogen) atoms. The summed E-state index contributed by atoms with van der Waals surface area (Å²) in [6.07, 6.45) is 0.166. The number of aliphatic carboxylic acids is 1. The zero-order valence-corrected chi connectivity index (χ0v) is 14.1. The van der Waals surface area contributed by atoms with Crippen molar-refractivity contribution < 1.29 is 9.90 Å². The topological polar surface area (TPSA) is 37.3 Å². The fourth-order valence-electron chi connectivity index (χ4n) is 1.28. The van der Waals surface area contributed by atoms with Gasteiger partial charge in [0.15, 0.2) is 0 Å². The summed E-state index contributed by atoms with van der Waals surface area (Å²) in [5, 5.41) is 8.90. The van der Waals surface area contributed by atoms with Crippen LogP contribution in [0.3, 0.4) is 0 Å². The van der Waals surface area contributed by atoms with E-state index in [0.29, 0.717) is 0 Å². The quantitative estimate of drug-likeness (QED) is 0.458. The van der Waals surface area contributed by atoms with Crippen LogP contribution in [0.25, 0.3) is 0 Å². The maximum absolute atomic E-state index is 10.8. The first-order valence-electron chi connectivity index (χ1n) is 4.24. The van der Waals surface area contributed by atoms with Crippen molar-refractivity contribution in [2.24, 2.45) is 0 Å². The van der Waals surface area contributed by atoms with E-state index < -0.39 is 5.97 Å². The number of carbonyl (C=O) groups is 1. The summed E-state index contributed by atoms with van der Waals surface area (Å²) in [5.74, 6) is -0.726. The highest BCUT2D eigenvalue weighted by atomic mass is 127. The lowest BCUT2D eigenvalue weighted by Crippen LogP contribution is -2.18. The minimum absolute atomic E-state index is 0.0259. The van der Waals surface area contributed by atoms with Crippen LogP contribution < -0.4 is 0 Å². The molecule has 0 aliphatic heterocycles. The molecule has 0 bridgehead atoms. The summed E-state index contributed by atoms with van der Waals surface area (Å²) in [5.41, 5.74) is 1.08. The molecule has 1 aromatic rings. The molecule has 82 valence electrons. The largest absolute Gasteiger partial charge is 0.481 e. The first kappa shape index (κ1) is 13.9. The van der Waals surface area contributed by atoms with Gasteiger partial charge in [-0.3, -0.25) is 4.79 Å². The van der Waals surface area contributed by atoms with Crippen LogP contribution in [-0.2, 0) is 4.79 Å². The van der Waals surface area contributed by atoms with Crippen LogP contribution in [0.15, 0.2) is 30.3 Å². The van der Waals surface area contributed by atoms with Gasteiger partial charge in [-0.25, -0.2) is 0 Å². The van der Waals surface area contributed by atoms with Gasteiger partial charge in [0.2, 0.25) is 0 Å². The van der Waals surface area contributed by atoms with Gasteiger partial charge in [-0.2, -0.15) is 0 Å². The molecule has 2 nitrogen and oxygen atoms in total. The lowest BCUT2D eigenvalue weighted by Gasteiger charge is -2.24. The molecule has 0 spiro atoms. The molecule has 0 saturated heterocycles. The van der Waals surface area contributed by atoms with E-state index in [0.717, 1.165) is 5.56 Å². The smallest absolute Gasteiger partial charge is 0.304 e. The zero-order valence-electron chi connectivity index (χ0n) is 7.66. The summed E-state index contributed by atoms with van der Waals surface area (Å²) < 4.78 is -0.118. The van der Waals surface area contributed by atoms with Gasteiger partial charge in [-0.15, -0.1) is 0 Å². The molecule has 0 aliphatic carbocycles. The summed E-state index contributed by atoms with van der Waals surface area (Å²) in [4.78, 5) is 10.8. The van der Waals surface area contributed by atoms with Crippen LogP contribution in [0.1, 0.15) is 17.9 Å². The van der Waals surface area contributed by atoms with Crippen molar-refractivity contribution in [2.45, 2.75) is 11.8 Å². The van der Waals surface area contributed by atoms with Gasteiger partial charge in [-0.05, 0) is 5.56 Å². The maximum atomic E-state index is 10.8. The Morgan fingerprint density at radius 3 is 2.20 bits per heavy atom. The van der Waals surface area contributed by atoms with E-state index in [1.165, 1.54) is 0 Å². The highest BCUT2D eigenvalue weighted by Crippen LogP contribution is 2.49. The van der Waals surface area contributed by atoms with Gasteiger partial charge < -0.3 is 5.11 Å². The molecule has 0 aliphatic rings. The van der Waals surface area contributed by atoms with Crippen LogP contribution in [0, 0.1) is 0 Å². The molecule has 0 saturated carbocycles. The lowest BCUT2D eigenvalue weighted by molar-refractivity contribution is -0.137. The Labute approximate surface area is 130 Å². The van der Waals surface area contributed by atoms with Gasteiger partial charge in [-0.1, -0.05) is 98.1 Å². The molecule has 0 aromatic heterocycles. The Balaban J connectivity index is 2.97. The molecule has 5 heteroatoms. The summed E-state index contributed by atoms with van der Waals surface area (Å²) in [7, 11) is 0. The fraction of sp³-hybridized carbons (Fsp3) is 0.300. The molecule has 1 rings (SSSR count). The van der Waals surface area contributed by atoms with Crippen molar-refractivity contribution in [1.29, 1.82) is 0 Å². The molecule has 1 atom stereocenters. The minimum atomic E-state index is -0.752. The van der Waals surface area contributed by atoms with E-state index >= 15 is 0 Å². The molecule has 0 heterocycles. The zero-order chi connectivity index (χ0) is 11.5. The highest BCUT2D eigenvalue weighted by molar-refractivity contribution is 14.3. The standard InChI is InChI=1S/C10H9I3O2/c11-10(12,13)8(6-9(14)15)7-4-2-1-3-5-7/h1-5,8H,6H2,(H,14,15). The third kappa shape index (κ3) is 4.72. The normalized spacial score (nSPS) is 13.5. The van der Waals surface area contributed by atoms with Gasteiger partial charge >= 0.3 is 5.97 Å². The van der Waals surface area contributed by atoms with Crippen LogP contribution in [0.2, 0.25) is 0 Å². The van der Waals surface area contributed by atoms with Crippen LogP contribution in [0.5, 0.6) is 0 Å². The number of hydrogen-bond acceptors (Lipinski definition) is 1. The monoisotopic (exact) mass is 542 g/mol. The summed E-state index contributed by atoms with van der Waals surface area (Å²) in [6.45, 7) is 0. The van der Waals surface area contributed by atoms with E-state index in [2.05, 4.69) is 67.8 Å². The number of alkyl halides is 3. The fourth-order valence-corrected chi connectivity index (χ4v) is 3.02. The van der Waals surface area contributed by atoms with Gasteiger partial charge in [0.1, 0.15) is -0.565 Å². The number of benzene rings is 1. The summed E-state index contributed by atoms with van der Waals surface area (Å²) in [6, 6.07) is 9.80. The Kier molecular flexibility index (Phi) is 5.57. The van der Waals surface area contributed by atoms with Gasteiger partial charge in [0, 0.05) is 5.92 Å². The Morgan fingerprint density at radius 2 is 1.80 bits per heavy atom. The average Bonchev–Trinajstić information content (AvgIpc) is 2.14. The van der Waals surface area contributed by atoms with Crippen molar-refractivity contribution >= 4 is 73.7 Å². The van der Waals surface area contributed by atoms with Crippen molar-refractivity contribution in [2.75, 3.05) is 0 Å². The van der Waals surface area contributed by atoms with E-state index in [9.17, 15) is 4.79 Å². The number of carboxylic acid groups (broad SMARTS) is 1. The van der Waals surface area contributed by atoms with E-state index in [-0.39, 0.29) is 11.8 Å². The Bertz CT molecular complexity index is 332. The van der Waals surface area contributed by atoms with Crippen molar-refractivity contribution in [3.8, 4) is 0 Å². The highest BCUT2D eigenvalue weighted by Gasteiger charge is 2.33. The third-order valence-electron chi connectivity index (χ3n) is 1.98. The first-order chi connectivity index (χ1) is 6.91. The van der Waals surface area contributed by atoms with Crippen molar-refractivity contribution in [3.05, 3.63) is 35.9 Å². The minimum Gasteiger partial charge on any atom is -0.481 e. The van der Waals surface area contributed by atoms with E-state index in [1.807, 2.05) is 30.3 Å². The maximum Gasteiger partial charge on any atom is 0.304 e. The summed E-state index contributed by atoms with van der Waals surface area (Å²) >= 11 is 6.86. The van der Waals surface area contributed by atoms with Crippen LogP contribution in [0.4, 0.5) is 0 Å². The molecule has 0 fully saturated rings. The number of hydrogen-bond donors (Lipinski definition) is 1. The third-order valence-corrected chi connectivity index (χ3v) is 4.23. The second-order valence-electron chi connectivity index (χ2n) is 3.10. The Hall–Kier alpha value is 0.880. The molecule has 1 unspecified atom stereocenters. The number of carboxylic acids is 1. The van der Waals surface area contributed by atoms with Crippen molar-refractivity contribution in [1.82, 2.24) is 0 Å². The molecule has 0 radical (unpaired) electrons.